The molecule has 0 aliphatic rings. The number of rotatable bonds is 0. The second-order valence-electron chi connectivity index (χ2n) is 2.00. The zero-order valence-electron chi connectivity index (χ0n) is 6.42. The first-order valence-corrected chi connectivity index (χ1v) is 3.46. The topological polar surface area (TPSA) is 55.6 Å². The molecule has 0 unspecified atom stereocenters. The van der Waals surface area contributed by atoms with E-state index in [2.05, 4.69) is 9.97 Å². The smallest absolute Gasteiger partial charge is 0.180 e. The molecule has 0 aromatic carbocycles. The third kappa shape index (κ3) is 3.36. The van der Waals surface area contributed by atoms with Crippen molar-refractivity contribution >= 4 is 0 Å². The number of aromatic nitrogens is 3. The molecule has 2 aromatic rings. The van der Waals surface area contributed by atoms with Crippen LogP contribution in [0.4, 0.5) is 0 Å². The number of nitrogens with zero attached hydrogens (tertiary/aromatic N) is 2. The largest absolute Gasteiger partial charge is 0.619 e. The van der Waals surface area contributed by atoms with Crippen molar-refractivity contribution in [2.75, 3.05) is 0 Å². The van der Waals surface area contributed by atoms with Crippen LogP contribution < -0.4 is 4.73 Å². The van der Waals surface area contributed by atoms with Gasteiger partial charge in [-0.2, -0.15) is 4.73 Å². The van der Waals surface area contributed by atoms with Crippen LogP contribution in [0.5, 0.6) is 0 Å². The van der Waals surface area contributed by atoms with Gasteiger partial charge < -0.3 is 10.2 Å². The number of aromatic amines is 1. The van der Waals surface area contributed by atoms with Crippen molar-refractivity contribution in [1.82, 2.24) is 9.97 Å². The van der Waals surface area contributed by atoms with Crippen molar-refractivity contribution in [3.63, 3.8) is 0 Å². The Kier molecular flexibility index (Phi) is 3.37. The van der Waals surface area contributed by atoms with Gasteiger partial charge in [0.05, 0.1) is 6.33 Å². The van der Waals surface area contributed by atoms with E-state index in [1.54, 1.807) is 36.9 Å². The molecule has 0 saturated heterocycles. The number of hydrogen-bond donors (Lipinski definition) is 1. The molecule has 0 radical (unpaired) electrons. The first-order chi connectivity index (χ1) is 5.89. The predicted octanol–water partition coefficient (Wildman–Crippen LogP) is 0.730. The number of pyridine rings is 1. The monoisotopic (exact) mass is 163 g/mol. The highest BCUT2D eigenvalue weighted by Gasteiger charge is 1.75. The highest BCUT2D eigenvalue weighted by atomic mass is 16.5. The van der Waals surface area contributed by atoms with Gasteiger partial charge in [-0.3, -0.25) is 0 Å². The van der Waals surface area contributed by atoms with E-state index in [9.17, 15) is 5.21 Å². The normalized spacial score (nSPS) is 8.33. The van der Waals surface area contributed by atoms with E-state index in [0.29, 0.717) is 0 Å². The number of imidazole rings is 1. The van der Waals surface area contributed by atoms with Crippen LogP contribution in [-0.4, -0.2) is 9.97 Å². The van der Waals surface area contributed by atoms with Crippen LogP contribution in [0.25, 0.3) is 0 Å². The maximum Gasteiger partial charge on any atom is 0.180 e. The minimum Gasteiger partial charge on any atom is -0.619 e. The van der Waals surface area contributed by atoms with Crippen molar-refractivity contribution in [2.45, 2.75) is 0 Å². The summed E-state index contributed by atoms with van der Waals surface area (Å²) in [5.74, 6) is 0. The fourth-order valence-electron chi connectivity index (χ4n) is 0.598. The average Bonchev–Trinajstić information content (AvgIpc) is 2.62. The quantitative estimate of drug-likeness (QED) is 0.459. The van der Waals surface area contributed by atoms with E-state index < -0.39 is 0 Å². The first-order valence-electron chi connectivity index (χ1n) is 3.46. The maximum absolute atomic E-state index is 10.2. The number of H-pyrrole nitrogens is 1. The second-order valence-corrected chi connectivity index (χ2v) is 2.00. The van der Waals surface area contributed by atoms with Crippen molar-refractivity contribution in [1.29, 1.82) is 0 Å². The Morgan fingerprint density at radius 3 is 2.17 bits per heavy atom. The molecule has 2 aromatic heterocycles. The van der Waals surface area contributed by atoms with Gasteiger partial charge in [-0.05, 0) is 0 Å². The minimum atomic E-state index is 0.750. The predicted molar refractivity (Wildman–Crippen MR) is 44.0 cm³/mol. The van der Waals surface area contributed by atoms with Crippen molar-refractivity contribution in [2.24, 2.45) is 0 Å². The van der Waals surface area contributed by atoms with Gasteiger partial charge in [0.2, 0.25) is 0 Å². The molecular weight excluding hydrogens is 154 g/mol. The Hall–Kier alpha value is -1.84. The van der Waals surface area contributed by atoms with Crippen molar-refractivity contribution in [3.05, 3.63) is 54.5 Å². The lowest BCUT2D eigenvalue weighted by molar-refractivity contribution is -0.605. The highest BCUT2D eigenvalue weighted by molar-refractivity contribution is 4.83. The van der Waals surface area contributed by atoms with Gasteiger partial charge >= 0.3 is 0 Å². The fraction of sp³-hybridized carbons (Fsp3) is 0. The van der Waals surface area contributed by atoms with E-state index in [1.807, 2.05) is 0 Å². The summed E-state index contributed by atoms with van der Waals surface area (Å²) in [6, 6.07) is 5.18. The zero-order chi connectivity index (χ0) is 8.65. The summed E-state index contributed by atoms with van der Waals surface area (Å²) in [7, 11) is 0. The lowest BCUT2D eigenvalue weighted by atomic mass is 10.5. The van der Waals surface area contributed by atoms with Crippen LogP contribution in [0.1, 0.15) is 0 Å². The Balaban J connectivity index is 0.000000127. The molecule has 0 saturated carbocycles. The van der Waals surface area contributed by atoms with Crippen molar-refractivity contribution < 1.29 is 4.73 Å². The summed E-state index contributed by atoms with van der Waals surface area (Å²) in [6.07, 6.45) is 7.97. The van der Waals surface area contributed by atoms with Gasteiger partial charge in [0.25, 0.3) is 0 Å². The van der Waals surface area contributed by atoms with E-state index in [-0.39, 0.29) is 0 Å². The van der Waals surface area contributed by atoms with E-state index in [1.165, 1.54) is 12.4 Å². The summed E-state index contributed by atoms with van der Waals surface area (Å²) in [6.45, 7) is 0. The molecule has 2 heterocycles. The standard InChI is InChI=1S/C5H5NO.C3H4N2/c7-6-4-2-1-3-5-6;1-2-5-3-4-1/h1-5H;1-3H,(H,4,5). The van der Waals surface area contributed by atoms with Crippen LogP contribution >= 0.6 is 0 Å². The number of hydrogen-bond acceptors (Lipinski definition) is 2. The molecule has 1 N–H and O–H groups in total. The zero-order valence-corrected chi connectivity index (χ0v) is 6.42. The van der Waals surface area contributed by atoms with Crippen LogP contribution in [0.3, 0.4) is 0 Å². The molecule has 2 rings (SSSR count). The van der Waals surface area contributed by atoms with E-state index in [4.69, 9.17) is 0 Å². The van der Waals surface area contributed by atoms with Crippen LogP contribution in [0, 0.1) is 5.21 Å². The Morgan fingerprint density at radius 2 is 1.92 bits per heavy atom. The van der Waals surface area contributed by atoms with Gasteiger partial charge in [0.15, 0.2) is 12.4 Å². The molecule has 0 aliphatic carbocycles. The lowest BCUT2D eigenvalue weighted by Crippen LogP contribution is -2.22. The van der Waals surface area contributed by atoms with Crippen molar-refractivity contribution in [3.8, 4) is 0 Å². The molecule has 62 valence electrons. The van der Waals surface area contributed by atoms with Gasteiger partial charge in [0.1, 0.15) is 0 Å². The lowest BCUT2D eigenvalue weighted by Gasteiger charge is -1.88. The third-order valence-electron chi connectivity index (χ3n) is 1.09. The molecule has 0 bridgehead atoms. The molecular formula is C8H9N3O. The molecule has 0 amide bonds. The van der Waals surface area contributed by atoms with Crippen LogP contribution in [0.2, 0.25) is 0 Å². The van der Waals surface area contributed by atoms with E-state index in [0.717, 1.165) is 4.73 Å². The summed E-state index contributed by atoms with van der Waals surface area (Å²) in [5, 5.41) is 10.2. The highest BCUT2D eigenvalue weighted by Crippen LogP contribution is 1.72. The van der Waals surface area contributed by atoms with Gasteiger partial charge in [-0.25, -0.2) is 4.98 Å². The molecule has 4 heteroatoms. The molecule has 0 aliphatic heterocycles. The van der Waals surface area contributed by atoms with Gasteiger partial charge in [-0.1, -0.05) is 6.07 Å². The molecule has 0 spiro atoms. The van der Waals surface area contributed by atoms with Crippen LogP contribution in [-0.2, 0) is 0 Å². The number of nitrogens with one attached hydrogen (secondary N) is 1. The summed E-state index contributed by atoms with van der Waals surface area (Å²) >= 11 is 0. The third-order valence-corrected chi connectivity index (χ3v) is 1.09. The minimum absolute atomic E-state index is 0.750. The molecule has 0 atom stereocenters. The first kappa shape index (κ1) is 8.26. The van der Waals surface area contributed by atoms with Gasteiger partial charge in [-0.15, -0.1) is 0 Å². The maximum atomic E-state index is 10.2. The second kappa shape index (κ2) is 4.90. The Labute approximate surface area is 70.1 Å². The van der Waals surface area contributed by atoms with Gasteiger partial charge in [0, 0.05) is 24.5 Å². The SMILES string of the molecule is [O-][n+]1ccccc1.c1c[nH]cn1. The molecule has 4 nitrogen and oxygen atoms in total. The molecule has 12 heavy (non-hydrogen) atoms. The Morgan fingerprint density at radius 1 is 1.17 bits per heavy atom. The summed E-state index contributed by atoms with van der Waals surface area (Å²) in [4.78, 5) is 6.42. The average molecular weight is 163 g/mol. The summed E-state index contributed by atoms with van der Waals surface area (Å²) in [5.41, 5.74) is 0. The van der Waals surface area contributed by atoms with Crippen LogP contribution in [0.15, 0.2) is 49.3 Å². The van der Waals surface area contributed by atoms with E-state index >= 15 is 0 Å². The molecule has 0 fully saturated rings. The fourth-order valence-corrected chi connectivity index (χ4v) is 0.598. The Bertz CT molecular complexity index is 263. The summed E-state index contributed by atoms with van der Waals surface area (Å²) < 4.78 is 0.750.